The van der Waals surface area contributed by atoms with Gasteiger partial charge in [-0.2, -0.15) is 0 Å². The third kappa shape index (κ3) is 3.57. The third-order valence-corrected chi connectivity index (χ3v) is 4.89. The van der Waals surface area contributed by atoms with Crippen LogP contribution in [0, 0.1) is 0 Å². The fraction of sp³-hybridized carbons (Fsp3) is 0. The largest absolute Gasteiger partial charge is 0.0622 e. The monoisotopic (exact) mass is 384 g/mol. The van der Waals surface area contributed by atoms with Crippen molar-refractivity contribution in [1.82, 2.24) is 0 Å². The van der Waals surface area contributed by atoms with Gasteiger partial charge >= 0.3 is 0 Å². The van der Waals surface area contributed by atoms with Crippen LogP contribution in [0.15, 0.2) is 108 Å². The summed E-state index contributed by atoms with van der Waals surface area (Å²) in [6, 6.07) is 36.4. The van der Waals surface area contributed by atoms with Crippen LogP contribution in [0.5, 0.6) is 0 Å². The van der Waals surface area contributed by atoms with E-state index in [1.807, 2.05) is 6.07 Å². The van der Waals surface area contributed by atoms with E-state index in [1.165, 1.54) is 33.4 Å². The summed E-state index contributed by atoms with van der Waals surface area (Å²) >= 11 is 3.49. The molecule has 0 bridgehead atoms. The second-order valence-electron chi connectivity index (χ2n) is 6.03. The fourth-order valence-electron chi connectivity index (χ4n) is 3.01. The zero-order valence-electron chi connectivity index (χ0n) is 13.7. The van der Waals surface area contributed by atoms with Crippen LogP contribution < -0.4 is 0 Å². The molecule has 4 aromatic rings. The Morgan fingerprint density at radius 1 is 0.360 bits per heavy atom. The highest BCUT2D eigenvalue weighted by atomic mass is 79.9. The SMILES string of the molecule is Brc1ccc(-c2ccc(-c3cccc(-c4ccccc4)c3)cc2)cc1. The van der Waals surface area contributed by atoms with Crippen LogP contribution in [0.2, 0.25) is 0 Å². The maximum atomic E-state index is 3.49. The smallest absolute Gasteiger partial charge is 0.0175 e. The molecule has 0 radical (unpaired) electrons. The van der Waals surface area contributed by atoms with Crippen LogP contribution in [-0.4, -0.2) is 0 Å². The van der Waals surface area contributed by atoms with Crippen LogP contribution in [0.4, 0.5) is 0 Å². The molecular formula is C24H17Br. The van der Waals surface area contributed by atoms with Crippen molar-refractivity contribution in [2.75, 3.05) is 0 Å². The predicted molar refractivity (Wildman–Crippen MR) is 110 cm³/mol. The first kappa shape index (κ1) is 15.9. The van der Waals surface area contributed by atoms with E-state index in [2.05, 4.69) is 113 Å². The topological polar surface area (TPSA) is 0 Å². The molecule has 0 atom stereocenters. The summed E-state index contributed by atoms with van der Waals surface area (Å²) in [6.45, 7) is 0. The molecule has 0 N–H and O–H groups in total. The second-order valence-corrected chi connectivity index (χ2v) is 6.95. The van der Waals surface area contributed by atoms with Gasteiger partial charge in [0.2, 0.25) is 0 Å². The summed E-state index contributed by atoms with van der Waals surface area (Å²) in [4.78, 5) is 0. The van der Waals surface area contributed by atoms with Gasteiger partial charge < -0.3 is 0 Å². The molecule has 25 heavy (non-hydrogen) atoms. The number of halogens is 1. The summed E-state index contributed by atoms with van der Waals surface area (Å²) in [6.07, 6.45) is 0. The summed E-state index contributed by atoms with van der Waals surface area (Å²) in [7, 11) is 0. The molecule has 0 fully saturated rings. The van der Waals surface area contributed by atoms with E-state index < -0.39 is 0 Å². The lowest BCUT2D eigenvalue weighted by Crippen LogP contribution is -1.82. The van der Waals surface area contributed by atoms with E-state index in [0.717, 1.165) is 4.47 Å². The van der Waals surface area contributed by atoms with Crippen LogP contribution in [0.25, 0.3) is 33.4 Å². The van der Waals surface area contributed by atoms with Gasteiger partial charge in [0, 0.05) is 4.47 Å². The summed E-state index contributed by atoms with van der Waals surface area (Å²) in [5.41, 5.74) is 7.43. The molecule has 4 rings (SSSR count). The molecule has 0 saturated carbocycles. The molecule has 4 aromatic carbocycles. The lowest BCUT2D eigenvalue weighted by Gasteiger charge is -2.08. The quantitative estimate of drug-likeness (QED) is 0.344. The maximum absolute atomic E-state index is 3.49. The lowest BCUT2D eigenvalue weighted by atomic mass is 9.97. The maximum Gasteiger partial charge on any atom is 0.0175 e. The average molecular weight is 385 g/mol. The molecule has 0 saturated heterocycles. The van der Waals surface area contributed by atoms with Crippen molar-refractivity contribution in [3.8, 4) is 33.4 Å². The summed E-state index contributed by atoms with van der Waals surface area (Å²) < 4.78 is 1.10. The number of benzene rings is 4. The Hall–Kier alpha value is -2.64. The highest BCUT2D eigenvalue weighted by Gasteiger charge is 2.03. The highest BCUT2D eigenvalue weighted by Crippen LogP contribution is 2.29. The minimum absolute atomic E-state index is 1.10. The van der Waals surface area contributed by atoms with E-state index in [0.29, 0.717) is 0 Å². The first-order chi connectivity index (χ1) is 12.3. The zero-order chi connectivity index (χ0) is 17.1. The minimum Gasteiger partial charge on any atom is -0.0622 e. The Morgan fingerprint density at radius 3 is 1.32 bits per heavy atom. The second kappa shape index (κ2) is 7.08. The van der Waals surface area contributed by atoms with Gasteiger partial charge in [-0.1, -0.05) is 101 Å². The van der Waals surface area contributed by atoms with Crippen LogP contribution in [0.1, 0.15) is 0 Å². The third-order valence-electron chi connectivity index (χ3n) is 4.37. The molecule has 120 valence electrons. The van der Waals surface area contributed by atoms with Gasteiger partial charge in [0.25, 0.3) is 0 Å². The zero-order valence-corrected chi connectivity index (χ0v) is 15.3. The number of rotatable bonds is 3. The van der Waals surface area contributed by atoms with Gasteiger partial charge in [-0.3, -0.25) is 0 Å². The first-order valence-electron chi connectivity index (χ1n) is 8.31. The van der Waals surface area contributed by atoms with Gasteiger partial charge in [-0.15, -0.1) is 0 Å². The van der Waals surface area contributed by atoms with E-state index in [1.54, 1.807) is 0 Å². The molecular weight excluding hydrogens is 368 g/mol. The van der Waals surface area contributed by atoms with Gasteiger partial charge in [0.1, 0.15) is 0 Å². The van der Waals surface area contributed by atoms with Gasteiger partial charge in [0.15, 0.2) is 0 Å². The highest BCUT2D eigenvalue weighted by molar-refractivity contribution is 9.10. The Kier molecular flexibility index (Phi) is 4.49. The molecule has 0 aliphatic heterocycles. The van der Waals surface area contributed by atoms with Gasteiger partial charge in [-0.25, -0.2) is 0 Å². The van der Waals surface area contributed by atoms with Crippen molar-refractivity contribution >= 4 is 15.9 Å². The first-order valence-corrected chi connectivity index (χ1v) is 9.11. The lowest BCUT2D eigenvalue weighted by molar-refractivity contribution is 1.57. The van der Waals surface area contributed by atoms with E-state index in [4.69, 9.17) is 0 Å². The van der Waals surface area contributed by atoms with Crippen molar-refractivity contribution in [3.63, 3.8) is 0 Å². The molecule has 0 aliphatic rings. The van der Waals surface area contributed by atoms with Crippen LogP contribution in [-0.2, 0) is 0 Å². The fourth-order valence-corrected chi connectivity index (χ4v) is 3.27. The van der Waals surface area contributed by atoms with Crippen molar-refractivity contribution in [3.05, 3.63) is 108 Å². The molecule has 1 heteroatoms. The number of hydrogen-bond acceptors (Lipinski definition) is 0. The van der Waals surface area contributed by atoms with Gasteiger partial charge in [-0.05, 0) is 51.6 Å². The van der Waals surface area contributed by atoms with E-state index in [9.17, 15) is 0 Å². The van der Waals surface area contributed by atoms with Crippen molar-refractivity contribution in [2.45, 2.75) is 0 Å². The van der Waals surface area contributed by atoms with Crippen molar-refractivity contribution in [2.24, 2.45) is 0 Å². The molecule has 0 unspecified atom stereocenters. The normalized spacial score (nSPS) is 10.6. The van der Waals surface area contributed by atoms with Crippen molar-refractivity contribution in [1.29, 1.82) is 0 Å². The molecule has 0 spiro atoms. The standard InChI is InChI=1S/C24H17Br/c25-24-15-13-20(14-16-24)19-9-11-21(12-10-19)23-8-4-7-22(17-23)18-5-2-1-3-6-18/h1-17H. The van der Waals surface area contributed by atoms with Crippen molar-refractivity contribution < 1.29 is 0 Å². The minimum atomic E-state index is 1.10. The Labute approximate surface area is 156 Å². The summed E-state index contributed by atoms with van der Waals surface area (Å²) in [5.74, 6) is 0. The Bertz CT molecular complexity index is 968. The molecule has 0 amide bonds. The van der Waals surface area contributed by atoms with E-state index >= 15 is 0 Å². The Morgan fingerprint density at radius 2 is 0.760 bits per heavy atom. The molecule has 0 aromatic heterocycles. The van der Waals surface area contributed by atoms with Crippen LogP contribution >= 0.6 is 15.9 Å². The number of hydrogen-bond donors (Lipinski definition) is 0. The Balaban J connectivity index is 1.65. The summed E-state index contributed by atoms with van der Waals surface area (Å²) in [5, 5.41) is 0. The molecule has 0 nitrogen and oxygen atoms in total. The molecule has 0 heterocycles. The van der Waals surface area contributed by atoms with E-state index in [-0.39, 0.29) is 0 Å². The van der Waals surface area contributed by atoms with Crippen LogP contribution in [0.3, 0.4) is 0 Å². The predicted octanol–water partition coefficient (Wildman–Crippen LogP) is 7.45. The molecule has 0 aliphatic carbocycles. The van der Waals surface area contributed by atoms with Gasteiger partial charge in [0.05, 0.1) is 0 Å². The average Bonchev–Trinajstić information content (AvgIpc) is 2.70.